The SMILES string of the molecule is COc1ccc(C2=NN(c3ccccc3)C(=O)/C2=C\c2ccc(-n3cccn3)cc2)cc1OC. The number of hydrazone groups is 1. The molecule has 1 aliphatic rings. The van der Waals surface area contributed by atoms with E-state index in [0.29, 0.717) is 28.5 Å². The second-order valence-corrected chi connectivity index (χ2v) is 7.57. The normalized spacial score (nSPS) is 14.4. The number of para-hydroxylation sites is 1. The third-order valence-corrected chi connectivity index (χ3v) is 5.51. The fourth-order valence-electron chi connectivity index (χ4n) is 3.80. The minimum absolute atomic E-state index is 0.202. The molecule has 0 radical (unpaired) electrons. The molecular formula is C27H22N4O3. The molecule has 34 heavy (non-hydrogen) atoms. The lowest BCUT2D eigenvalue weighted by molar-refractivity contribution is -0.114. The summed E-state index contributed by atoms with van der Waals surface area (Å²) < 4.78 is 12.6. The Morgan fingerprint density at radius 3 is 2.26 bits per heavy atom. The van der Waals surface area contributed by atoms with Gasteiger partial charge >= 0.3 is 0 Å². The van der Waals surface area contributed by atoms with Gasteiger partial charge in [0.2, 0.25) is 0 Å². The summed E-state index contributed by atoms with van der Waals surface area (Å²) in [6.07, 6.45) is 5.47. The average molecular weight is 450 g/mol. The molecule has 4 aromatic rings. The molecule has 0 unspecified atom stereocenters. The number of carbonyl (C=O) groups excluding carboxylic acids is 1. The Balaban J connectivity index is 1.58. The number of aromatic nitrogens is 2. The van der Waals surface area contributed by atoms with Gasteiger partial charge in [0.05, 0.1) is 31.2 Å². The molecule has 1 aromatic heterocycles. The highest BCUT2D eigenvalue weighted by atomic mass is 16.5. The molecule has 0 fully saturated rings. The summed E-state index contributed by atoms with van der Waals surface area (Å²) in [6, 6.07) is 24.6. The number of ether oxygens (including phenoxy) is 2. The fourth-order valence-corrected chi connectivity index (χ4v) is 3.80. The van der Waals surface area contributed by atoms with E-state index in [1.54, 1.807) is 25.1 Å². The van der Waals surface area contributed by atoms with Gasteiger partial charge in [-0.15, -0.1) is 0 Å². The van der Waals surface area contributed by atoms with Crippen molar-refractivity contribution in [3.05, 3.63) is 108 Å². The van der Waals surface area contributed by atoms with Gasteiger partial charge in [0, 0.05) is 18.0 Å². The number of carbonyl (C=O) groups is 1. The first-order chi connectivity index (χ1) is 16.7. The van der Waals surface area contributed by atoms with Crippen molar-refractivity contribution in [2.24, 2.45) is 5.10 Å². The first-order valence-corrected chi connectivity index (χ1v) is 10.7. The molecular weight excluding hydrogens is 428 g/mol. The Kier molecular flexibility index (Phi) is 5.66. The number of anilines is 1. The molecule has 7 nitrogen and oxygen atoms in total. The van der Waals surface area contributed by atoms with Crippen LogP contribution in [0.3, 0.4) is 0 Å². The van der Waals surface area contributed by atoms with Gasteiger partial charge in [-0.3, -0.25) is 4.79 Å². The van der Waals surface area contributed by atoms with Crippen molar-refractivity contribution in [1.29, 1.82) is 0 Å². The van der Waals surface area contributed by atoms with Crippen LogP contribution in [-0.4, -0.2) is 35.6 Å². The number of methoxy groups -OCH3 is 2. The lowest BCUT2D eigenvalue weighted by atomic mass is 9.99. The second-order valence-electron chi connectivity index (χ2n) is 7.57. The van der Waals surface area contributed by atoms with Gasteiger partial charge in [0.1, 0.15) is 5.71 Å². The molecule has 3 aromatic carbocycles. The van der Waals surface area contributed by atoms with Crippen LogP contribution in [0.25, 0.3) is 11.8 Å². The van der Waals surface area contributed by atoms with Crippen molar-refractivity contribution in [2.45, 2.75) is 0 Å². The van der Waals surface area contributed by atoms with Gasteiger partial charge in [0.15, 0.2) is 11.5 Å². The van der Waals surface area contributed by atoms with Gasteiger partial charge in [0.25, 0.3) is 5.91 Å². The van der Waals surface area contributed by atoms with E-state index in [1.165, 1.54) is 5.01 Å². The maximum Gasteiger partial charge on any atom is 0.281 e. The molecule has 0 bridgehead atoms. The quantitative estimate of drug-likeness (QED) is 0.399. The Morgan fingerprint density at radius 2 is 1.59 bits per heavy atom. The number of hydrogen-bond donors (Lipinski definition) is 0. The molecule has 0 saturated heterocycles. The van der Waals surface area contributed by atoms with E-state index in [1.807, 2.05) is 91.1 Å². The summed E-state index contributed by atoms with van der Waals surface area (Å²) in [4.78, 5) is 13.5. The van der Waals surface area contributed by atoms with Crippen molar-refractivity contribution in [3.63, 3.8) is 0 Å². The molecule has 1 aliphatic heterocycles. The van der Waals surface area contributed by atoms with Crippen molar-refractivity contribution >= 4 is 23.4 Å². The van der Waals surface area contributed by atoms with E-state index in [2.05, 4.69) is 5.10 Å². The van der Waals surface area contributed by atoms with Crippen LogP contribution in [0.5, 0.6) is 11.5 Å². The predicted octanol–water partition coefficient (Wildman–Crippen LogP) is 4.72. The van der Waals surface area contributed by atoms with E-state index in [9.17, 15) is 4.79 Å². The predicted molar refractivity (Wildman–Crippen MR) is 132 cm³/mol. The second kappa shape index (κ2) is 9.07. The minimum Gasteiger partial charge on any atom is -0.493 e. The van der Waals surface area contributed by atoms with Crippen LogP contribution in [0.15, 0.2) is 102 Å². The first kappa shape index (κ1) is 21.2. The summed E-state index contributed by atoms with van der Waals surface area (Å²) in [7, 11) is 3.17. The Hall–Kier alpha value is -4.65. The van der Waals surface area contributed by atoms with E-state index < -0.39 is 0 Å². The third-order valence-electron chi connectivity index (χ3n) is 5.51. The Labute approximate surface area is 197 Å². The van der Waals surface area contributed by atoms with Crippen LogP contribution in [0.1, 0.15) is 11.1 Å². The Morgan fingerprint density at radius 1 is 0.824 bits per heavy atom. The molecule has 1 amide bonds. The summed E-state index contributed by atoms with van der Waals surface area (Å²) in [5, 5.41) is 10.4. The largest absolute Gasteiger partial charge is 0.493 e. The molecule has 2 heterocycles. The smallest absolute Gasteiger partial charge is 0.281 e. The molecule has 0 aliphatic carbocycles. The van der Waals surface area contributed by atoms with Crippen LogP contribution >= 0.6 is 0 Å². The topological polar surface area (TPSA) is 69.0 Å². The summed E-state index contributed by atoms with van der Waals surface area (Å²) in [6.45, 7) is 0. The molecule has 0 saturated carbocycles. The minimum atomic E-state index is -0.202. The van der Waals surface area contributed by atoms with Crippen molar-refractivity contribution in [3.8, 4) is 17.2 Å². The van der Waals surface area contributed by atoms with E-state index in [4.69, 9.17) is 14.6 Å². The van der Waals surface area contributed by atoms with Crippen molar-refractivity contribution < 1.29 is 14.3 Å². The van der Waals surface area contributed by atoms with Crippen LogP contribution in [0.2, 0.25) is 0 Å². The number of amides is 1. The van der Waals surface area contributed by atoms with Crippen LogP contribution in [0, 0.1) is 0 Å². The highest BCUT2D eigenvalue weighted by Crippen LogP contribution is 2.32. The molecule has 0 spiro atoms. The van der Waals surface area contributed by atoms with E-state index in [-0.39, 0.29) is 5.91 Å². The summed E-state index contributed by atoms with van der Waals surface area (Å²) in [5.74, 6) is 0.971. The van der Waals surface area contributed by atoms with Crippen LogP contribution in [-0.2, 0) is 4.79 Å². The monoisotopic (exact) mass is 450 g/mol. The van der Waals surface area contributed by atoms with Gasteiger partial charge in [-0.25, -0.2) is 4.68 Å². The lowest BCUT2D eigenvalue weighted by Gasteiger charge is -2.10. The van der Waals surface area contributed by atoms with E-state index in [0.717, 1.165) is 16.8 Å². The maximum atomic E-state index is 13.5. The number of hydrogen-bond acceptors (Lipinski definition) is 5. The number of rotatable bonds is 6. The highest BCUT2D eigenvalue weighted by molar-refractivity contribution is 6.37. The zero-order chi connectivity index (χ0) is 23.5. The maximum absolute atomic E-state index is 13.5. The van der Waals surface area contributed by atoms with Crippen molar-refractivity contribution in [1.82, 2.24) is 9.78 Å². The zero-order valence-electron chi connectivity index (χ0n) is 18.8. The van der Waals surface area contributed by atoms with Gasteiger partial charge < -0.3 is 9.47 Å². The van der Waals surface area contributed by atoms with Crippen molar-refractivity contribution in [2.75, 3.05) is 19.2 Å². The standard InChI is InChI=1S/C27H22N4O3/c1-33-24-14-11-20(18-25(24)34-2)26-23(27(32)31(29-26)22-7-4-3-5-8-22)17-19-9-12-21(13-10-19)30-16-6-15-28-30/h3-18H,1-2H3/b23-17-. The number of benzene rings is 3. The van der Waals surface area contributed by atoms with Crippen LogP contribution < -0.4 is 14.5 Å². The van der Waals surface area contributed by atoms with Gasteiger partial charge in [-0.05, 0) is 60.2 Å². The third kappa shape index (κ3) is 3.95. The molecule has 168 valence electrons. The molecule has 0 atom stereocenters. The van der Waals surface area contributed by atoms with Gasteiger partial charge in [-0.2, -0.15) is 15.2 Å². The fraction of sp³-hybridized carbons (Fsp3) is 0.0741. The lowest BCUT2D eigenvalue weighted by Crippen LogP contribution is -2.21. The Bertz CT molecular complexity index is 1380. The molecule has 0 N–H and O–H groups in total. The number of nitrogens with zero attached hydrogens (tertiary/aromatic N) is 4. The highest BCUT2D eigenvalue weighted by Gasteiger charge is 2.32. The summed E-state index contributed by atoms with van der Waals surface area (Å²) in [5.41, 5.74) is 4.31. The van der Waals surface area contributed by atoms with E-state index >= 15 is 0 Å². The summed E-state index contributed by atoms with van der Waals surface area (Å²) >= 11 is 0. The average Bonchev–Trinajstić information content (AvgIpc) is 3.54. The van der Waals surface area contributed by atoms with Crippen LogP contribution in [0.4, 0.5) is 5.69 Å². The first-order valence-electron chi connectivity index (χ1n) is 10.7. The molecule has 7 heteroatoms. The molecule has 5 rings (SSSR count). The zero-order valence-corrected chi connectivity index (χ0v) is 18.8. The van der Waals surface area contributed by atoms with Gasteiger partial charge in [-0.1, -0.05) is 30.3 Å².